The molecule has 1 aromatic carbocycles. The Morgan fingerprint density at radius 2 is 1.73 bits per heavy atom. The Bertz CT molecular complexity index is 884. The van der Waals surface area contributed by atoms with Gasteiger partial charge in [-0.05, 0) is 57.2 Å². The number of carbonyl (C=O) groups is 4. The van der Waals surface area contributed by atoms with Gasteiger partial charge in [0, 0.05) is 5.69 Å². The molecule has 2 aromatic rings. The van der Waals surface area contributed by atoms with E-state index in [1.165, 1.54) is 30.5 Å². The van der Waals surface area contributed by atoms with Crippen molar-refractivity contribution in [1.29, 1.82) is 0 Å². The molecule has 10 heteroatoms. The molecule has 1 heterocycles. The molecule has 0 saturated carbocycles. The molecule has 0 spiro atoms. The first kappa shape index (κ1) is 22.5. The molecule has 0 saturated heterocycles. The highest BCUT2D eigenvalue weighted by Gasteiger charge is 2.17. The summed E-state index contributed by atoms with van der Waals surface area (Å²) in [5, 5.41) is 6.98. The van der Waals surface area contributed by atoms with Gasteiger partial charge in [-0.15, -0.1) is 0 Å². The molecule has 3 N–H and O–H groups in total. The molecule has 0 fully saturated rings. The molecule has 0 aliphatic rings. The van der Waals surface area contributed by atoms with E-state index in [-0.39, 0.29) is 12.1 Å². The van der Waals surface area contributed by atoms with Gasteiger partial charge in [0.15, 0.2) is 6.61 Å². The fourth-order valence-electron chi connectivity index (χ4n) is 2.11. The van der Waals surface area contributed by atoms with Gasteiger partial charge in [0.05, 0.1) is 18.4 Å². The van der Waals surface area contributed by atoms with Crippen LogP contribution in [0.2, 0.25) is 0 Å². The van der Waals surface area contributed by atoms with Gasteiger partial charge in [-0.1, -0.05) is 0 Å². The van der Waals surface area contributed by atoms with Crippen LogP contribution in [0.3, 0.4) is 0 Å². The van der Waals surface area contributed by atoms with E-state index in [2.05, 4.69) is 10.6 Å². The highest BCUT2D eigenvalue weighted by Crippen LogP contribution is 2.13. The molecule has 0 aliphatic carbocycles. The largest absolute Gasteiger partial charge is 0.467 e. The van der Waals surface area contributed by atoms with E-state index in [1.54, 1.807) is 32.9 Å². The summed E-state index contributed by atoms with van der Waals surface area (Å²) in [6.07, 6.45) is 0.833. The van der Waals surface area contributed by atoms with Crippen molar-refractivity contribution in [3.8, 4) is 0 Å². The number of benzene rings is 1. The maximum Gasteiger partial charge on any atom is 0.412 e. The molecule has 0 aliphatic heterocycles. The molecule has 1 aromatic heterocycles. The van der Waals surface area contributed by atoms with Gasteiger partial charge in [-0.25, -0.2) is 14.4 Å². The number of urea groups is 1. The molecule has 0 radical (unpaired) electrons. The number of amides is 4. The highest BCUT2D eigenvalue weighted by atomic mass is 16.6. The monoisotopic (exact) mass is 417 g/mol. The Kier molecular flexibility index (Phi) is 7.56. The number of esters is 1. The summed E-state index contributed by atoms with van der Waals surface area (Å²) in [5.74, 6) is -1.03. The van der Waals surface area contributed by atoms with Crippen LogP contribution in [-0.4, -0.2) is 36.2 Å². The second kappa shape index (κ2) is 10.1. The van der Waals surface area contributed by atoms with E-state index in [4.69, 9.17) is 13.9 Å². The van der Waals surface area contributed by atoms with Gasteiger partial charge in [0.25, 0.3) is 5.91 Å². The van der Waals surface area contributed by atoms with E-state index in [0.29, 0.717) is 11.4 Å². The lowest BCUT2D eigenvalue weighted by Crippen LogP contribution is -2.41. The Hall–Kier alpha value is -3.82. The Morgan fingerprint density at radius 1 is 1.03 bits per heavy atom. The topological polar surface area (TPSA) is 136 Å². The van der Waals surface area contributed by atoms with Crippen LogP contribution >= 0.6 is 0 Å². The van der Waals surface area contributed by atoms with Crippen molar-refractivity contribution >= 4 is 29.7 Å². The second-order valence-corrected chi connectivity index (χ2v) is 7.09. The average molecular weight is 417 g/mol. The third kappa shape index (κ3) is 8.05. The van der Waals surface area contributed by atoms with Crippen LogP contribution in [0.4, 0.5) is 15.3 Å². The minimum Gasteiger partial charge on any atom is -0.467 e. The van der Waals surface area contributed by atoms with Crippen LogP contribution in [0.5, 0.6) is 0 Å². The van der Waals surface area contributed by atoms with Crippen LogP contribution in [-0.2, 0) is 20.8 Å². The van der Waals surface area contributed by atoms with Crippen molar-refractivity contribution in [2.45, 2.75) is 32.9 Å². The van der Waals surface area contributed by atoms with E-state index in [1.807, 2.05) is 5.32 Å². The molecule has 0 bridgehead atoms. The number of nitrogens with one attached hydrogen (secondary N) is 3. The molecule has 0 unspecified atom stereocenters. The first-order chi connectivity index (χ1) is 14.1. The Labute approximate surface area is 172 Å². The SMILES string of the molecule is CC(C)(C)OC(=O)Nc1ccc(C(=O)OCC(=O)NC(=O)NCc2ccco2)cc1. The van der Waals surface area contributed by atoms with E-state index in [9.17, 15) is 19.2 Å². The third-order valence-electron chi connectivity index (χ3n) is 3.36. The van der Waals surface area contributed by atoms with Gasteiger partial charge >= 0.3 is 18.1 Å². The first-order valence-corrected chi connectivity index (χ1v) is 8.99. The fraction of sp³-hybridized carbons (Fsp3) is 0.300. The molecule has 30 heavy (non-hydrogen) atoms. The van der Waals surface area contributed by atoms with Gasteiger partial charge in [-0.2, -0.15) is 0 Å². The van der Waals surface area contributed by atoms with Gasteiger partial charge in [0.1, 0.15) is 11.4 Å². The number of carbonyl (C=O) groups excluding carboxylic acids is 4. The predicted octanol–water partition coefficient (Wildman–Crippen LogP) is 2.81. The fourth-order valence-corrected chi connectivity index (χ4v) is 2.11. The lowest BCUT2D eigenvalue weighted by Gasteiger charge is -2.19. The zero-order valence-electron chi connectivity index (χ0n) is 16.8. The van der Waals surface area contributed by atoms with E-state index >= 15 is 0 Å². The normalized spacial score (nSPS) is 10.6. The van der Waals surface area contributed by atoms with Crippen LogP contribution in [0, 0.1) is 0 Å². The quantitative estimate of drug-likeness (QED) is 0.615. The number of imide groups is 1. The molecule has 10 nitrogen and oxygen atoms in total. The third-order valence-corrected chi connectivity index (χ3v) is 3.36. The van der Waals surface area contributed by atoms with E-state index < -0.39 is 36.2 Å². The first-order valence-electron chi connectivity index (χ1n) is 8.99. The second-order valence-electron chi connectivity index (χ2n) is 7.09. The lowest BCUT2D eigenvalue weighted by molar-refractivity contribution is -0.123. The minimum atomic E-state index is -0.788. The number of ether oxygens (including phenoxy) is 2. The molecule has 0 atom stereocenters. The van der Waals surface area contributed by atoms with Crippen LogP contribution in [0.25, 0.3) is 0 Å². The van der Waals surface area contributed by atoms with Gasteiger partial charge in [-0.3, -0.25) is 15.4 Å². The van der Waals surface area contributed by atoms with Gasteiger partial charge < -0.3 is 19.2 Å². The number of furan rings is 1. The molecular formula is C20H23N3O7. The van der Waals surface area contributed by atoms with Crippen molar-refractivity contribution < 1.29 is 33.1 Å². The molecular weight excluding hydrogens is 394 g/mol. The van der Waals surface area contributed by atoms with Crippen molar-refractivity contribution in [3.63, 3.8) is 0 Å². The van der Waals surface area contributed by atoms with Crippen molar-refractivity contribution in [2.24, 2.45) is 0 Å². The Balaban J connectivity index is 1.74. The van der Waals surface area contributed by atoms with Crippen LogP contribution in [0.15, 0.2) is 47.1 Å². The number of rotatable bonds is 6. The van der Waals surface area contributed by atoms with E-state index in [0.717, 1.165) is 0 Å². The number of anilines is 1. The van der Waals surface area contributed by atoms with Crippen LogP contribution in [0.1, 0.15) is 36.9 Å². The summed E-state index contributed by atoms with van der Waals surface area (Å²) in [7, 11) is 0. The minimum absolute atomic E-state index is 0.107. The van der Waals surface area contributed by atoms with Crippen molar-refractivity contribution in [1.82, 2.24) is 10.6 Å². The zero-order chi connectivity index (χ0) is 22.1. The maximum atomic E-state index is 12.0. The summed E-state index contributed by atoms with van der Waals surface area (Å²) in [6, 6.07) is 8.40. The average Bonchev–Trinajstić information content (AvgIpc) is 3.17. The summed E-state index contributed by atoms with van der Waals surface area (Å²) in [5.41, 5.74) is -0.0454. The smallest absolute Gasteiger partial charge is 0.412 e. The maximum absolute atomic E-state index is 12.0. The Morgan fingerprint density at radius 3 is 2.33 bits per heavy atom. The summed E-state index contributed by atoms with van der Waals surface area (Å²) in [4.78, 5) is 47.0. The van der Waals surface area contributed by atoms with Gasteiger partial charge in [0.2, 0.25) is 0 Å². The van der Waals surface area contributed by atoms with Crippen molar-refractivity contribution in [3.05, 3.63) is 54.0 Å². The summed E-state index contributed by atoms with van der Waals surface area (Å²) < 4.78 is 15.0. The van der Waals surface area contributed by atoms with Crippen molar-refractivity contribution in [2.75, 3.05) is 11.9 Å². The van der Waals surface area contributed by atoms with Crippen LogP contribution < -0.4 is 16.0 Å². The molecule has 2 rings (SSSR count). The molecule has 4 amide bonds. The predicted molar refractivity (Wildman–Crippen MR) is 106 cm³/mol. The highest BCUT2D eigenvalue weighted by molar-refractivity contribution is 5.97. The summed E-state index contributed by atoms with van der Waals surface area (Å²) in [6.45, 7) is 4.69. The zero-order valence-corrected chi connectivity index (χ0v) is 16.8. The standard InChI is InChI=1S/C20H23N3O7/c1-20(2,3)30-19(27)22-14-8-6-13(7-9-14)17(25)29-12-16(24)23-18(26)21-11-15-5-4-10-28-15/h4-10H,11-12H2,1-3H3,(H,22,27)(H2,21,23,24,26). The number of hydrogen-bond acceptors (Lipinski definition) is 7. The lowest BCUT2D eigenvalue weighted by atomic mass is 10.2. The molecule has 160 valence electrons. The summed E-state index contributed by atoms with van der Waals surface area (Å²) >= 11 is 0. The number of hydrogen-bond donors (Lipinski definition) is 3.